The Kier molecular flexibility index (Phi) is 3.97. The summed E-state index contributed by atoms with van der Waals surface area (Å²) >= 11 is 0. The van der Waals surface area contributed by atoms with E-state index in [1.165, 1.54) is 13.8 Å². The highest BCUT2D eigenvalue weighted by Crippen LogP contribution is 2.29. The van der Waals surface area contributed by atoms with Gasteiger partial charge in [0.1, 0.15) is 6.04 Å². The van der Waals surface area contributed by atoms with Gasteiger partial charge in [-0.25, -0.2) is 0 Å². The zero-order valence-corrected chi connectivity index (χ0v) is 11.6. The van der Waals surface area contributed by atoms with Crippen molar-refractivity contribution in [3.63, 3.8) is 0 Å². The third kappa shape index (κ3) is 3.97. The maximum atomic E-state index is 12.5. The molecule has 0 aromatic carbocycles. The van der Waals surface area contributed by atoms with Crippen LogP contribution in [0, 0.1) is 6.92 Å². The topological polar surface area (TPSA) is 46.9 Å². The van der Waals surface area contributed by atoms with E-state index >= 15 is 0 Å². The summed E-state index contributed by atoms with van der Waals surface area (Å²) in [4.78, 5) is 11.9. The molecule has 0 aliphatic carbocycles. The van der Waals surface area contributed by atoms with Crippen molar-refractivity contribution in [2.24, 2.45) is 0 Å². The number of aryl methyl sites for hydroxylation is 1. The van der Waals surface area contributed by atoms with Crippen molar-refractivity contribution in [1.82, 2.24) is 15.1 Å². The molecule has 0 bridgehead atoms. The van der Waals surface area contributed by atoms with Crippen LogP contribution in [-0.4, -0.2) is 21.2 Å². The molecule has 0 aliphatic rings. The number of carbonyl (C=O) groups is 1. The minimum absolute atomic E-state index is 0.295. The van der Waals surface area contributed by atoms with E-state index in [1.807, 2.05) is 0 Å². The summed E-state index contributed by atoms with van der Waals surface area (Å²) < 4.78 is 38.7. The summed E-state index contributed by atoms with van der Waals surface area (Å²) in [5.74, 6) is -0.368. The molecular formula is C12H18F3N3O. The zero-order valence-electron chi connectivity index (χ0n) is 11.6. The number of hydrogen-bond acceptors (Lipinski definition) is 2. The second-order valence-corrected chi connectivity index (χ2v) is 5.53. The number of alkyl halides is 3. The summed E-state index contributed by atoms with van der Waals surface area (Å²) in [6, 6.07) is 0.135. The molecular weight excluding hydrogens is 259 g/mol. The Hall–Kier alpha value is -1.53. The molecule has 0 fully saturated rings. The first-order valence-electron chi connectivity index (χ1n) is 5.87. The van der Waals surface area contributed by atoms with Gasteiger partial charge in [-0.05, 0) is 40.7 Å². The van der Waals surface area contributed by atoms with Crippen molar-refractivity contribution in [2.45, 2.75) is 52.4 Å². The summed E-state index contributed by atoms with van der Waals surface area (Å²) in [5, 5.41) is 6.17. The number of nitrogens with zero attached hydrogens (tertiary/aromatic N) is 2. The normalized spacial score (nSPS) is 14.3. The van der Waals surface area contributed by atoms with Crippen LogP contribution >= 0.6 is 0 Å². The van der Waals surface area contributed by atoms with Gasteiger partial charge in [-0.2, -0.15) is 18.3 Å². The summed E-state index contributed by atoms with van der Waals surface area (Å²) in [7, 11) is 0. The van der Waals surface area contributed by atoms with E-state index in [4.69, 9.17) is 0 Å². The second kappa shape index (κ2) is 4.86. The number of aromatic nitrogens is 2. The van der Waals surface area contributed by atoms with Crippen LogP contribution in [0.4, 0.5) is 13.2 Å². The van der Waals surface area contributed by atoms with E-state index in [2.05, 4.69) is 10.4 Å². The van der Waals surface area contributed by atoms with Gasteiger partial charge in [-0.1, -0.05) is 0 Å². The Morgan fingerprint density at radius 1 is 1.37 bits per heavy atom. The van der Waals surface area contributed by atoms with Gasteiger partial charge in [0.2, 0.25) is 5.91 Å². The highest BCUT2D eigenvalue weighted by molar-refractivity contribution is 5.80. The Morgan fingerprint density at radius 3 is 2.26 bits per heavy atom. The largest absolute Gasteiger partial charge is 0.435 e. The van der Waals surface area contributed by atoms with Crippen molar-refractivity contribution in [3.8, 4) is 0 Å². The number of rotatable bonds is 2. The fourth-order valence-electron chi connectivity index (χ4n) is 1.60. The third-order valence-corrected chi connectivity index (χ3v) is 2.46. The Labute approximate surface area is 110 Å². The van der Waals surface area contributed by atoms with Gasteiger partial charge in [-0.3, -0.25) is 9.48 Å². The lowest BCUT2D eigenvalue weighted by Gasteiger charge is -2.23. The molecule has 1 rings (SSSR count). The summed E-state index contributed by atoms with van der Waals surface area (Å²) in [6.07, 6.45) is -4.50. The maximum Gasteiger partial charge on any atom is 0.435 e. The van der Waals surface area contributed by atoms with E-state index < -0.39 is 23.5 Å². The molecule has 1 N–H and O–H groups in total. The smallest absolute Gasteiger partial charge is 0.350 e. The molecule has 0 aliphatic heterocycles. The van der Waals surface area contributed by atoms with Crippen LogP contribution < -0.4 is 5.32 Å². The van der Waals surface area contributed by atoms with E-state index in [1.54, 1.807) is 20.8 Å². The zero-order chi connectivity index (χ0) is 15.0. The lowest BCUT2D eigenvalue weighted by molar-refractivity contribution is -0.142. The van der Waals surface area contributed by atoms with Gasteiger partial charge < -0.3 is 5.32 Å². The van der Waals surface area contributed by atoms with Crippen LogP contribution in [0.15, 0.2) is 6.07 Å². The first-order chi connectivity index (χ1) is 8.42. The molecule has 0 radical (unpaired) electrons. The molecule has 1 amide bonds. The molecule has 0 spiro atoms. The van der Waals surface area contributed by atoms with Crippen molar-refractivity contribution in [1.29, 1.82) is 0 Å². The first kappa shape index (κ1) is 15.5. The molecule has 1 aromatic heterocycles. The molecule has 4 nitrogen and oxygen atoms in total. The predicted octanol–water partition coefficient (Wildman–Crippen LogP) is 2.69. The summed E-state index contributed by atoms with van der Waals surface area (Å²) in [6.45, 7) is 8.41. The summed E-state index contributed by atoms with van der Waals surface area (Å²) in [5.41, 5.74) is -1.14. The van der Waals surface area contributed by atoms with Crippen LogP contribution in [0.5, 0.6) is 0 Å². The highest BCUT2D eigenvalue weighted by Gasteiger charge is 2.35. The van der Waals surface area contributed by atoms with E-state index in [0.717, 1.165) is 10.7 Å². The van der Waals surface area contributed by atoms with E-state index in [9.17, 15) is 18.0 Å². The minimum atomic E-state index is -4.50. The number of carbonyl (C=O) groups excluding carboxylic acids is 1. The van der Waals surface area contributed by atoms with Crippen LogP contribution in [-0.2, 0) is 11.0 Å². The number of hydrogen-bond donors (Lipinski definition) is 1. The number of nitrogens with one attached hydrogen (secondary N) is 1. The monoisotopic (exact) mass is 277 g/mol. The van der Waals surface area contributed by atoms with Gasteiger partial charge in [0.15, 0.2) is 5.69 Å². The van der Waals surface area contributed by atoms with Crippen LogP contribution in [0.2, 0.25) is 0 Å². The highest BCUT2D eigenvalue weighted by atomic mass is 19.4. The fourth-order valence-corrected chi connectivity index (χ4v) is 1.60. The van der Waals surface area contributed by atoms with Gasteiger partial charge >= 0.3 is 6.18 Å². The Balaban J connectivity index is 2.98. The molecule has 7 heteroatoms. The van der Waals surface area contributed by atoms with Gasteiger partial charge in [0.25, 0.3) is 0 Å². The second-order valence-electron chi connectivity index (χ2n) is 5.53. The van der Waals surface area contributed by atoms with Crippen LogP contribution in [0.1, 0.15) is 45.1 Å². The standard InChI is InChI=1S/C12H18F3N3O/c1-7-6-9(12(13,14)15)17-18(7)8(2)10(19)16-11(3,4)5/h6,8H,1-5H3,(H,16,19)/t8-/m0/s1. The lowest BCUT2D eigenvalue weighted by atomic mass is 10.1. The van der Waals surface area contributed by atoms with Gasteiger partial charge in [-0.15, -0.1) is 0 Å². The number of amides is 1. The van der Waals surface area contributed by atoms with Gasteiger partial charge in [0.05, 0.1) is 0 Å². The van der Waals surface area contributed by atoms with Crippen molar-refractivity contribution in [2.75, 3.05) is 0 Å². The first-order valence-corrected chi connectivity index (χ1v) is 5.87. The molecule has 19 heavy (non-hydrogen) atoms. The molecule has 1 atom stereocenters. The van der Waals surface area contributed by atoms with Crippen molar-refractivity contribution < 1.29 is 18.0 Å². The molecule has 0 unspecified atom stereocenters. The Morgan fingerprint density at radius 2 is 1.89 bits per heavy atom. The molecule has 1 aromatic rings. The minimum Gasteiger partial charge on any atom is -0.350 e. The third-order valence-electron chi connectivity index (χ3n) is 2.46. The Bertz CT molecular complexity index is 472. The van der Waals surface area contributed by atoms with E-state index in [-0.39, 0.29) is 5.91 Å². The fraction of sp³-hybridized carbons (Fsp3) is 0.667. The average molecular weight is 277 g/mol. The van der Waals surface area contributed by atoms with Crippen molar-refractivity contribution >= 4 is 5.91 Å². The molecule has 0 saturated heterocycles. The molecule has 1 heterocycles. The predicted molar refractivity (Wildman–Crippen MR) is 64.6 cm³/mol. The SMILES string of the molecule is Cc1cc(C(F)(F)F)nn1[C@@H](C)C(=O)NC(C)(C)C. The van der Waals surface area contributed by atoms with E-state index in [0.29, 0.717) is 5.69 Å². The molecule has 108 valence electrons. The van der Waals surface area contributed by atoms with Crippen molar-refractivity contribution in [3.05, 3.63) is 17.5 Å². The average Bonchev–Trinajstić information content (AvgIpc) is 2.56. The lowest BCUT2D eigenvalue weighted by Crippen LogP contribution is -2.44. The molecule has 0 saturated carbocycles. The van der Waals surface area contributed by atoms with Crippen LogP contribution in [0.25, 0.3) is 0 Å². The van der Waals surface area contributed by atoms with Crippen LogP contribution in [0.3, 0.4) is 0 Å². The maximum absolute atomic E-state index is 12.5. The van der Waals surface area contributed by atoms with Gasteiger partial charge in [0, 0.05) is 11.2 Å². The number of halogens is 3. The quantitative estimate of drug-likeness (QED) is 0.903.